The number of halogens is 2. The fourth-order valence-corrected chi connectivity index (χ4v) is 13.6. The Balaban J connectivity index is 0.000000216. The van der Waals surface area contributed by atoms with Gasteiger partial charge in [-0.25, -0.2) is 13.6 Å². The summed E-state index contributed by atoms with van der Waals surface area (Å²) >= 11 is 0. The molecule has 9 rings (SSSR count). The molecule has 2 aliphatic heterocycles. The van der Waals surface area contributed by atoms with Crippen molar-refractivity contribution in [3.8, 4) is 23.0 Å². The zero-order chi connectivity index (χ0) is 57.7. The molecule has 0 radical (unpaired) electrons. The third-order valence-corrected chi connectivity index (χ3v) is 16.8. The smallest absolute Gasteiger partial charge is 0.340 e. The molecule has 0 aromatic heterocycles. The Morgan fingerprint density at radius 2 is 1.33 bits per heavy atom. The van der Waals surface area contributed by atoms with E-state index in [1.54, 1.807) is 25.1 Å². The number of hydrogen-bond donors (Lipinski definition) is 7. The number of aliphatic carboxylic acids is 4. The summed E-state index contributed by atoms with van der Waals surface area (Å²) in [6, 6.07) is 11.7. The maximum Gasteiger partial charge on any atom is 0.340 e. The van der Waals surface area contributed by atoms with Crippen molar-refractivity contribution in [3.05, 3.63) is 106 Å². The van der Waals surface area contributed by atoms with Gasteiger partial charge in [0.2, 0.25) is 0 Å². The molecule has 22 heteroatoms. The van der Waals surface area contributed by atoms with Crippen molar-refractivity contribution in [2.45, 2.75) is 103 Å². The number of aromatic hydroxyl groups is 2. The number of aliphatic hydroxyl groups excluding tert-OH is 1. The van der Waals surface area contributed by atoms with Gasteiger partial charge in [0.25, 0.3) is 0 Å². The van der Waals surface area contributed by atoms with E-state index in [-0.39, 0.29) is 119 Å². The van der Waals surface area contributed by atoms with E-state index in [2.05, 4.69) is 0 Å². The number of aliphatic hydroxyl groups is 1. The highest BCUT2D eigenvalue weighted by Gasteiger charge is 2.73. The van der Waals surface area contributed by atoms with Crippen LogP contribution in [0.4, 0.5) is 8.78 Å². The number of benzene rings is 3. The third kappa shape index (κ3) is 10.5. The normalized spacial score (nSPS) is 27.4. The van der Waals surface area contributed by atoms with E-state index in [1.807, 2.05) is 20.8 Å². The monoisotopic (exact) mass is 1100 g/mol. The van der Waals surface area contributed by atoms with Gasteiger partial charge in [-0.3, -0.25) is 43.4 Å². The van der Waals surface area contributed by atoms with Crippen LogP contribution in [0, 0.1) is 34.5 Å². The molecule has 0 unspecified atom stereocenters. The zero-order valence-electron chi connectivity index (χ0n) is 43.8. The topological polar surface area (TPSA) is 312 Å². The van der Waals surface area contributed by atoms with Crippen molar-refractivity contribution in [3.63, 3.8) is 0 Å². The Kier molecular flexibility index (Phi) is 16.0. The first-order valence-electron chi connectivity index (χ1n) is 25.9. The summed E-state index contributed by atoms with van der Waals surface area (Å²) in [5.74, 6) is -9.37. The second kappa shape index (κ2) is 21.9. The molecule has 3 aromatic rings. The minimum atomic E-state index is -2.15. The second-order valence-electron chi connectivity index (χ2n) is 21.9. The van der Waals surface area contributed by atoms with Crippen LogP contribution < -0.4 is 4.74 Å². The average molecular weight is 1100 g/mol. The maximum absolute atomic E-state index is 17.1. The lowest BCUT2D eigenvalue weighted by atomic mass is 9.45. The Morgan fingerprint density at radius 1 is 0.785 bits per heavy atom. The molecule has 4 aliphatic carbocycles. The molecule has 1 spiro atoms. The summed E-state index contributed by atoms with van der Waals surface area (Å²) in [5, 5.41) is 70.3. The number of hydrogen-bond acceptors (Lipinski definition) is 16. The van der Waals surface area contributed by atoms with Gasteiger partial charge in [0.05, 0.1) is 37.8 Å². The van der Waals surface area contributed by atoms with Gasteiger partial charge in [-0.15, -0.1) is 0 Å². The molecule has 20 nitrogen and oxygen atoms in total. The molecule has 9 atom stereocenters. The predicted octanol–water partition coefficient (Wildman–Crippen LogP) is 6.08. The van der Waals surface area contributed by atoms with Crippen LogP contribution in [0.1, 0.15) is 104 Å². The lowest BCUT2D eigenvalue weighted by Crippen LogP contribution is -2.68. The van der Waals surface area contributed by atoms with Crippen LogP contribution in [0.15, 0.2) is 72.3 Å². The number of rotatable bonds is 18. The molecule has 7 N–H and O–H groups in total. The average Bonchev–Trinajstić information content (AvgIpc) is 3.23. The van der Waals surface area contributed by atoms with Gasteiger partial charge >= 0.3 is 35.8 Å². The number of carboxylic acid groups (broad SMARTS) is 4. The van der Waals surface area contributed by atoms with Crippen LogP contribution in [0.2, 0.25) is 0 Å². The van der Waals surface area contributed by atoms with Crippen LogP contribution in [0.25, 0.3) is 0 Å². The van der Waals surface area contributed by atoms with Gasteiger partial charge < -0.3 is 50.0 Å². The molecule has 3 fully saturated rings. The van der Waals surface area contributed by atoms with Crippen LogP contribution >= 0.6 is 0 Å². The van der Waals surface area contributed by atoms with Crippen LogP contribution in [0.5, 0.6) is 23.0 Å². The fraction of sp³-hybridized carbons (Fsp3) is 0.474. The number of ether oxygens (including phenoxy) is 3. The van der Waals surface area contributed by atoms with E-state index in [0.29, 0.717) is 18.4 Å². The highest BCUT2D eigenvalue weighted by atomic mass is 19.1. The first-order valence-corrected chi connectivity index (χ1v) is 25.9. The molecule has 79 heavy (non-hydrogen) atoms. The Labute approximate surface area is 451 Å². The summed E-state index contributed by atoms with van der Waals surface area (Å²) in [4.78, 5) is 98.1. The number of esters is 2. The Bertz CT molecular complexity index is 2960. The largest absolute Gasteiger partial charge is 0.507 e. The van der Waals surface area contributed by atoms with Crippen LogP contribution in [-0.4, -0.2) is 144 Å². The van der Waals surface area contributed by atoms with E-state index in [4.69, 9.17) is 14.2 Å². The van der Waals surface area contributed by atoms with Gasteiger partial charge in [-0.1, -0.05) is 51.5 Å². The van der Waals surface area contributed by atoms with Crippen molar-refractivity contribution in [2.24, 2.45) is 34.5 Å². The van der Waals surface area contributed by atoms with Crippen LogP contribution in [0.3, 0.4) is 0 Å². The SMILES string of the molecule is CCCCC(=O)OCC(=O)[C@H]1[C@H](C)C[C@H]2[C@@H]3C[C@H](F)C4=CC(=O)C=C[C@]4(C)[C@@]3(F)[C@@H](O)C[C@@]21C.O=C(O)CN(CC(=O)O)Cc1cc2c(cc1O)Oc1cc(O)c(CN(CC(=O)O)CC(=O)O)cc1C21OC(=O)c2ccccc21. The highest BCUT2D eigenvalue weighted by molar-refractivity contribution is 6.01. The number of ketones is 2. The quantitative estimate of drug-likeness (QED) is 0.0710. The number of carbonyl (C=O) groups is 8. The molecule has 0 saturated heterocycles. The summed E-state index contributed by atoms with van der Waals surface area (Å²) in [6.07, 6.45) is 3.20. The van der Waals surface area contributed by atoms with Gasteiger partial charge in [-0.2, -0.15) is 0 Å². The second-order valence-corrected chi connectivity index (χ2v) is 21.9. The fourth-order valence-electron chi connectivity index (χ4n) is 13.6. The minimum Gasteiger partial charge on any atom is -0.507 e. The number of unbranched alkanes of at least 4 members (excludes halogenated alkanes) is 1. The van der Waals surface area contributed by atoms with E-state index in [1.165, 1.54) is 48.6 Å². The molecule has 2 heterocycles. The number of Topliss-reactive ketones (excluding diaryl/α,β-unsaturated/α-hetero) is 1. The molecule has 0 amide bonds. The molecule has 3 aromatic carbocycles. The predicted molar refractivity (Wildman–Crippen MR) is 271 cm³/mol. The van der Waals surface area contributed by atoms with Crippen LogP contribution in [-0.2, 0) is 61.7 Å². The van der Waals surface area contributed by atoms with E-state index in [9.17, 15) is 74.1 Å². The van der Waals surface area contributed by atoms with Gasteiger partial charge in [-0.05, 0) is 85.8 Å². The van der Waals surface area contributed by atoms with E-state index in [0.717, 1.165) is 16.2 Å². The van der Waals surface area contributed by atoms with Crippen molar-refractivity contribution < 1.29 is 97.1 Å². The minimum absolute atomic E-state index is 0.0156. The lowest BCUT2D eigenvalue weighted by Gasteiger charge is -2.62. The molecule has 3 saturated carbocycles. The van der Waals surface area contributed by atoms with Crippen molar-refractivity contribution in [1.29, 1.82) is 0 Å². The first kappa shape index (κ1) is 57.6. The number of carbonyl (C=O) groups excluding carboxylic acids is 4. The summed E-state index contributed by atoms with van der Waals surface area (Å²) in [5.41, 5.74) is -4.85. The third-order valence-electron chi connectivity index (χ3n) is 16.8. The number of alkyl halides is 2. The number of phenols is 2. The van der Waals surface area contributed by atoms with E-state index >= 15 is 8.78 Å². The lowest BCUT2D eigenvalue weighted by molar-refractivity contribution is -0.202. The van der Waals surface area contributed by atoms with Gasteiger partial charge in [0.15, 0.2) is 22.8 Å². The number of fused-ring (bicyclic) bond motifs is 11. The molecule has 6 aliphatic rings. The number of allylic oxidation sites excluding steroid dienone is 4. The molecular weight excluding hydrogens is 1040 g/mol. The maximum atomic E-state index is 17.1. The summed E-state index contributed by atoms with van der Waals surface area (Å²) < 4.78 is 49.9. The van der Waals surface area contributed by atoms with E-state index < -0.39 is 108 Å². The van der Waals surface area contributed by atoms with Crippen molar-refractivity contribution >= 4 is 47.4 Å². The first-order chi connectivity index (χ1) is 37.2. The zero-order valence-corrected chi connectivity index (χ0v) is 43.8. The Morgan fingerprint density at radius 3 is 1.86 bits per heavy atom. The molecule has 0 bridgehead atoms. The number of carboxylic acids is 4. The van der Waals surface area contributed by atoms with Gasteiger partial charge in [0.1, 0.15) is 35.8 Å². The number of nitrogens with zero attached hydrogens (tertiary/aromatic N) is 2. The standard InChI is InChI=1S/C30H26N2O13.C27H36F2O5/c33-21-7-23-19(5-15(21)9-31(11-25(35)36)12-26(37)38)30(18-4-2-1-3-17(18)29(43)45-30)20-6-16(22(34)8-24(20)44-23)10-32(13-27(39)40)14-28(41)42;1-5-6-7-23(33)34-14-21(31)24-15(2)10-17-18-12-20(28)19-11-16(30)8-9-26(19,4)27(18,29)22(32)13-25(17,24)3/h1-8,33-34H,9-14H2,(H,35,36)(H,37,38)(H,39,40)(H,41,42);8-9,11,15,17-18,20,22,24,32H,5-7,10,12-14H2,1-4H3/t;15-,17+,18+,20+,22+,24-,25+,26+,27+/m.1/s1. The molecule has 422 valence electrons. The summed E-state index contributed by atoms with van der Waals surface area (Å²) in [7, 11) is 0. The van der Waals surface area contributed by atoms with Gasteiger partial charge in [0, 0.05) is 76.7 Å². The molecular formula is C57H62F2N2O18. The van der Waals surface area contributed by atoms with Crippen molar-refractivity contribution in [2.75, 3.05) is 32.8 Å². The number of phenolic OH excluding ortho intramolecular Hbond substituents is 2. The van der Waals surface area contributed by atoms with Crippen molar-refractivity contribution in [1.82, 2.24) is 9.80 Å². The highest BCUT2D eigenvalue weighted by Crippen LogP contribution is 2.70. The summed E-state index contributed by atoms with van der Waals surface area (Å²) in [6.45, 7) is 3.76. The Hall–Kier alpha value is -7.56.